The summed E-state index contributed by atoms with van der Waals surface area (Å²) in [5, 5.41) is 17.0. The highest BCUT2D eigenvalue weighted by Crippen LogP contribution is 2.32. The minimum atomic E-state index is -0.358. The second-order valence-corrected chi connectivity index (χ2v) is 5.02. The first-order valence-corrected chi connectivity index (χ1v) is 6.83. The van der Waals surface area contributed by atoms with E-state index in [-0.39, 0.29) is 22.6 Å². The molecular weight excluding hydrogens is 258 g/mol. The maximum Gasteiger partial charge on any atom is 0.269 e. The molecule has 6 nitrogen and oxygen atoms in total. The van der Waals surface area contributed by atoms with Gasteiger partial charge in [-0.3, -0.25) is 14.9 Å². The zero-order chi connectivity index (χ0) is 14.5. The lowest BCUT2D eigenvalue weighted by Gasteiger charge is -2.26. The highest BCUT2D eigenvalue weighted by atomic mass is 16.6. The van der Waals surface area contributed by atoms with E-state index in [2.05, 4.69) is 10.6 Å². The maximum atomic E-state index is 10.9. The number of carbonyl (C=O) groups excluding carboxylic acids is 1. The van der Waals surface area contributed by atoms with E-state index in [0.717, 1.165) is 24.8 Å². The average molecular weight is 277 g/mol. The molecule has 1 amide bonds. The van der Waals surface area contributed by atoms with Gasteiger partial charge in [-0.05, 0) is 30.4 Å². The number of fused-ring (bicyclic) bond motifs is 1. The first-order chi connectivity index (χ1) is 9.58. The molecule has 0 bridgehead atoms. The summed E-state index contributed by atoms with van der Waals surface area (Å²) in [5.41, 5.74) is 2.34. The van der Waals surface area contributed by atoms with E-state index in [1.807, 2.05) is 6.07 Å². The molecule has 0 spiro atoms. The third-order valence-electron chi connectivity index (χ3n) is 3.54. The van der Waals surface area contributed by atoms with Gasteiger partial charge in [-0.25, -0.2) is 0 Å². The topological polar surface area (TPSA) is 84.3 Å². The predicted octanol–water partition coefficient (Wildman–Crippen LogP) is 1.70. The third kappa shape index (κ3) is 3.54. The van der Waals surface area contributed by atoms with E-state index in [9.17, 15) is 14.9 Å². The SMILES string of the molecule is CC(=O)NCCNC1CCCc2ccc([N+](=O)[O-])cc21. The zero-order valence-corrected chi connectivity index (χ0v) is 11.5. The molecule has 1 atom stereocenters. The van der Waals surface area contributed by atoms with Gasteiger partial charge in [0, 0.05) is 38.2 Å². The Balaban J connectivity index is 2.04. The first kappa shape index (κ1) is 14.5. The van der Waals surface area contributed by atoms with Crippen molar-refractivity contribution in [3.8, 4) is 0 Å². The van der Waals surface area contributed by atoms with Crippen molar-refractivity contribution in [2.75, 3.05) is 13.1 Å². The van der Waals surface area contributed by atoms with E-state index >= 15 is 0 Å². The smallest absolute Gasteiger partial charge is 0.269 e. The van der Waals surface area contributed by atoms with Crippen molar-refractivity contribution in [2.45, 2.75) is 32.2 Å². The van der Waals surface area contributed by atoms with E-state index in [1.54, 1.807) is 12.1 Å². The molecule has 6 heteroatoms. The molecule has 0 aromatic heterocycles. The van der Waals surface area contributed by atoms with Gasteiger partial charge in [0.05, 0.1) is 4.92 Å². The van der Waals surface area contributed by atoms with Crippen LogP contribution in [0, 0.1) is 10.1 Å². The van der Waals surface area contributed by atoms with E-state index in [1.165, 1.54) is 12.5 Å². The molecule has 1 aliphatic carbocycles. The molecule has 1 aliphatic rings. The number of aryl methyl sites for hydroxylation is 1. The van der Waals surface area contributed by atoms with Crippen molar-refractivity contribution in [3.63, 3.8) is 0 Å². The summed E-state index contributed by atoms with van der Waals surface area (Å²) in [6.07, 6.45) is 3.01. The number of amides is 1. The molecule has 2 rings (SSSR count). The first-order valence-electron chi connectivity index (χ1n) is 6.83. The van der Waals surface area contributed by atoms with Crippen LogP contribution < -0.4 is 10.6 Å². The normalized spacial score (nSPS) is 17.4. The molecule has 2 N–H and O–H groups in total. The fourth-order valence-electron chi connectivity index (χ4n) is 2.60. The number of nitro benzene ring substituents is 1. The number of carbonyl (C=O) groups is 1. The molecule has 0 radical (unpaired) electrons. The number of nitrogens with zero attached hydrogens (tertiary/aromatic N) is 1. The van der Waals surface area contributed by atoms with Crippen LogP contribution in [-0.4, -0.2) is 23.9 Å². The molecule has 20 heavy (non-hydrogen) atoms. The molecule has 0 aliphatic heterocycles. The van der Waals surface area contributed by atoms with Gasteiger partial charge in [0.2, 0.25) is 5.91 Å². The number of rotatable bonds is 5. The standard InChI is InChI=1S/C14H19N3O3/c1-10(18)15-7-8-16-14-4-2-3-11-5-6-12(17(19)20)9-13(11)14/h5-6,9,14,16H,2-4,7-8H2,1H3,(H,15,18). The fourth-order valence-corrected chi connectivity index (χ4v) is 2.60. The van der Waals surface area contributed by atoms with Gasteiger partial charge < -0.3 is 10.6 Å². The van der Waals surface area contributed by atoms with Crippen molar-refractivity contribution >= 4 is 11.6 Å². The quantitative estimate of drug-likeness (QED) is 0.487. The van der Waals surface area contributed by atoms with Crippen LogP contribution >= 0.6 is 0 Å². The van der Waals surface area contributed by atoms with Crippen molar-refractivity contribution in [1.29, 1.82) is 0 Å². The number of hydrogen-bond acceptors (Lipinski definition) is 4. The Bertz CT molecular complexity index is 516. The monoisotopic (exact) mass is 277 g/mol. The van der Waals surface area contributed by atoms with Crippen LogP contribution in [0.15, 0.2) is 18.2 Å². The van der Waals surface area contributed by atoms with Gasteiger partial charge in [-0.1, -0.05) is 6.07 Å². The predicted molar refractivity (Wildman–Crippen MR) is 75.5 cm³/mol. The Labute approximate surface area is 117 Å². The summed E-state index contributed by atoms with van der Waals surface area (Å²) in [6, 6.07) is 5.23. The molecule has 108 valence electrons. The molecule has 0 saturated carbocycles. The second kappa shape index (κ2) is 6.47. The van der Waals surface area contributed by atoms with E-state index in [4.69, 9.17) is 0 Å². The summed E-state index contributed by atoms with van der Waals surface area (Å²) in [6.45, 7) is 2.71. The molecule has 1 aromatic rings. The van der Waals surface area contributed by atoms with Crippen LogP contribution in [0.2, 0.25) is 0 Å². The fraction of sp³-hybridized carbons (Fsp3) is 0.500. The molecule has 1 unspecified atom stereocenters. The van der Waals surface area contributed by atoms with Crippen molar-refractivity contribution in [1.82, 2.24) is 10.6 Å². The molecule has 0 heterocycles. The average Bonchev–Trinajstić information content (AvgIpc) is 2.42. The Kier molecular flexibility index (Phi) is 4.68. The summed E-state index contributed by atoms with van der Waals surface area (Å²) >= 11 is 0. The molecular formula is C14H19N3O3. The zero-order valence-electron chi connectivity index (χ0n) is 11.5. The molecule has 0 fully saturated rings. The Morgan fingerprint density at radius 2 is 2.25 bits per heavy atom. The second-order valence-electron chi connectivity index (χ2n) is 5.02. The minimum absolute atomic E-state index is 0.0496. The Hall–Kier alpha value is -1.95. The van der Waals surface area contributed by atoms with Gasteiger partial charge in [0.1, 0.15) is 0 Å². The lowest BCUT2D eigenvalue weighted by atomic mass is 9.87. The Morgan fingerprint density at radius 1 is 1.45 bits per heavy atom. The van der Waals surface area contributed by atoms with E-state index < -0.39 is 0 Å². The largest absolute Gasteiger partial charge is 0.355 e. The van der Waals surface area contributed by atoms with Gasteiger partial charge >= 0.3 is 0 Å². The minimum Gasteiger partial charge on any atom is -0.355 e. The number of benzene rings is 1. The van der Waals surface area contributed by atoms with Crippen molar-refractivity contribution in [3.05, 3.63) is 39.4 Å². The summed E-state index contributed by atoms with van der Waals surface area (Å²) in [5.74, 6) is -0.0496. The lowest BCUT2D eigenvalue weighted by molar-refractivity contribution is -0.385. The van der Waals surface area contributed by atoms with Crippen LogP contribution in [0.1, 0.15) is 36.9 Å². The number of nitro groups is 1. The number of nitrogens with one attached hydrogen (secondary N) is 2. The third-order valence-corrected chi connectivity index (χ3v) is 3.54. The van der Waals surface area contributed by atoms with Gasteiger partial charge in [-0.2, -0.15) is 0 Å². The Morgan fingerprint density at radius 3 is 2.95 bits per heavy atom. The van der Waals surface area contributed by atoms with Crippen LogP contribution in [0.3, 0.4) is 0 Å². The van der Waals surface area contributed by atoms with Gasteiger partial charge in [-0.15, -0.1) is 0 Å². The van der Waals surface area contributed by atoms with Crippen LogP contribution in [-0.2, 0) is 11.2 Å². The highest BCUT2D eigenvalue weighted by Gasteiger charge is 2.22. The maximum absolute atomic E-state index is 10.9. The summed E-state index contributed by atoms with van der Waals surface area (Å²) in [7, 11) is 0. The van der Waals surface area contributed by atoms with Crippen LogP contribution in [0.4, 0.5) is 5.69 Å². The van der Waals surface area contributed by atoms with Crippen molar-refractivity contribution in [2.24, 2.45) is 0 Å². The van der Waals surface area contributed by atoms with Crippen molar-refractivity contribution < 1.29 is 9.72 Å². The molecule has 0 saturated heterocycles. The number of hydrogen-bond donors (Lipinski definition) is 2. The lowest BCUT2D eigenvalue weighted by Crippen LogP contribution is -2.33. The van der Waals surface area contributed by atoms with E-state index in [0.29, 0.717) is 13.1 Å². The summed E-state index contributed by atoms with van der Waals surface area (Å²) < 4.78 is 0. The van der Waals surface area contributed by atoms with Gasteiger partial charge in [0.25, 0.3) is 5.69 Å². The summed E-state index contributed by atoms with van der Waals surface area (Å²) in [4.78, 5) is 21.3. The van der Waals surface area contributed by atoms with Crippen LogP contribution in [0.25, 0.3) is 0 Å². The number of non-ortho nitro benzene ring substituents is 1. The van der Waals surface area contributed by atoms with Gasteiger partial charge in [0.15, 0.2) is 0 Å². The highest BCUT2D eigenvalue weighted by molar-refractivity contribution is 5.72. The molecule has 1 aromatic carbocycles. The van der Waals surface area contributed by atoms with Crippen LogP contribution in [0.5, 0.6) is 0 Å².